The number of aliphatic carboxylic acids is 1. The van der Waals surface area contributed by atoms with Gasteiger partial charge in [-0.1, -0.05) is 13.8 Å². The highest BCUT2D eigenvalue weighted by Gasteiger charge is 2.31. The maximum absolute atomic E-state index is 12.0. The minimum Gasteiger partial charge on any atom is -0.481 e. The molecule has 0 bridgehead atoms. The first-order valence-electron chi connectivity index (χ1n) is 5.49. The predicted molar refractivity (Wildman–Crippen MR) is 58.9 cm³/mol. The molecule has 0 aromatic carbocycles. The summed E-state index contributed by atoms with van der Waals surface area (Å²) in [5.74, 6) is -1.62. The molecule has 0 radical (unpaired) electrons. The van der Waals surface area contributed by atoms with Crippen molar-refractivity contribution in [1.82, 2.24) is 5.32 Å². The van der Waals surface area contributed by atoms with Crippen LogP contribution < -0.4 is 5.32 Å². The summed E-state index contributed by atoms with van der Waals surface area (Å²) in [6, 6.07) is -1.02. The van der Waals surface area contributed by atoms with E-state index in [1.807, 2.05) is 0 Å². The second-order valence-electron chi connectivity index (χ2n) is 5.20. The lowest BCUT2D eigenvalue weighted by atomic mass is 9.85. The van der Waals surface area contributed by atoms with E-state index in [4.69, 9.17) is 5.11 Å². The van der Waals surface area contributed by atoms with Crippen LogP contribution in [0, 0.1) is 5.41 Å². The Kier molecular flexibility index (Phi) is 5.63. The maximum Gasteiger partial charge on any atom is 0.391 e. The van der Waals surface area contributed by atoms with Gasteiger partial charge in [-0.25, -0.2) is 0 Å². The number of rotatable bonds is 6. The van der Waals surface area contributed by atoms with Crippen molar-refractivity contribution in [2.75, 3.05) is 0 Å². The van der Waals surface area contributed by atoms with Crippen LogP contribution in [0.4, 0.5) is 13.2 Å². The standard InChI is InChI=1S/C11H18F3NO3/c1-7(4-11(12,13)14)15-8(16)5-10(2,3)6-9(17)18/h7H,4-6H2,1-3H3,(H,15,16)(H,17,18). The number of carbonyl (C=O) groups excluding carboxylic acids is 1. The average Bonchev–Trinajstić information content (AvgIpc) is 1.92. The second kappa shape index (κ2) is 6.06. The number of hydrogen-bond acceptors (Lipinski definition) is 2. The number of hydrogen-bond donors (Lipinski definition) is 2. The van der Waals surface area contributed by atoms with Gasteiger partial charge in [0.15, 0.2) is 0 Å². The molecular weight excluding hydrogens is 251 g/mol. The normalized spacial score (nSPS) is 14.1. The Morgan fingerprint density at radius 1 is 1.22 bits per heavy atom. The highest BCUT2D eigenvalue weighted by atomic mass is 19.4. The topological polar surface area (TPSA) is 66.4 Å². The first kappa shape index (κ1) is 16.7. The zero-order valence-corrected chi connectivity index (χ0v) is 10.6. The van der Waals surface area contributed by atoms with Gasteiger partial charge in [-0.2, -0.15) is 13.2 Å². The Balaban J connectivity index is 4.22. The van der Waals surface area contributed by atoms with Gasteiger partial charge in [0.05, 0.1) is 12.8 Å². The van der Waals surface area contributed by atoms with Crippen LogP contribution in [0.1, 0.15) is 40.0 Å². The molecule has 0 aliphatic rings. The largest absolute Gasteiger partial charge is 0.481 e. The van der Waals surface area contributed by atoms with Gasteiger partial charge in [-0.05, 0) is 12.3 Å². The summed E-state index contributed by atoms with van der Waals surface area (Å²) in [7, 11) is 0. The lowest BCUT2D eigenvalue weighted by Crippen LogP contribution is -2.38. The van der Waals surface area contributed by atoms with Gasteiger partial charge in [-0.3, -0.25) is 9.59 Å². The summed E-state index contributed by atoms with van der Waals surface area (Å²) in [5, 5.41) is 10.8. The first-order chi connectivity index (χ1) is 7.91. The van der Waals surface area contributed by atoms with E-state index in [0.29, 0.717) is 0 Å². The molecule has 0 aromatic rings. The van der Waals surface area contributed by atoms with Crippen LogP contribution in [0.3, 0.4) is 0 Å². The monoisotopic (exact) mass is 269 g/mol. The fourth-order valence-corrected chi connectivity index (χ4v) is 1.63. The van der Waals surface area contributed by atoms with Crippen LogP contribution in [0.5, 0.6) is 0 Å². The molecule has 4 nitrogen and oxygen atoms in total. The zero-order chi connectivity index (χ0) is 14.6. The molecule has 0 fully saturated rings. The summed E-state index contributed by atoms with van der Waals surface area (Å²) in [6.07, 6.45) is -5.77. The van der Waals surface area contributed by atoms with Crippen molar-refractivity contribution >= 4 is 11.9 Å². The van der Waals surface area contributed by atoms with Crippen LogP contribution in [-0.4, -0.2) is 29.2 Å². The van der Waals surface area contributed by atoms with Crippen LogP contribution in [0.15, 0.2) is 0 Å². The van der Waals surface area contributed by atoms with E-state index >= 15 is 0 Å². The minimum absolute atomic E-state index is 0.124. The lowest BCUT2D eigenvalue weighted by molar-refractivity contribution is -0.141. The van der Waals surface area contributed by atoms with Crippen molar-refractivity contribution in [3.63, 3.8) is 0 Å². The smallest absolute Gasteiger partial charge is 0.391 e. The predicted octanol–water partition coefficient (Wildman–Crippen LogP) is 2.33. The number of halogens is 3. The third-order valence-electron chi connectivity index (χ3n) is 2.21. The third-order valence-corrected chi connectivity index (χ3v) is 2.21. The zero-order valence-electron chi connectivity index (χ0n) is 10.6. The highest BCUT2D eigenvalue weighted by molar-refractivity contribution is 5.78. The van der Waals surface area contributed by atoms with E-state index in [1.165, 1.54) is 6.92 Å². The SMILES string of the molecule is CC(CC(F)(F)F)NC(=O)CC(C)(C)CC(=O)O. The van der Waals surface area contributed by atoms with E-state index in [2.05, 4.69) is 5.32 Å². The number of carboxylic acid groups (broad SMARTS) is 1. The fraction of sp³-hybridized carbons (Fsp3) is 0.818. The van der Waals surface area contributed by atoms with E-state index in [0.717, 1.165) is 0 Å². The van der Waals surface area contributed by atoms with Crippen molar-refractivity contribution < 1.29 is 27.9 Å². The molecule has 0 rings (SSSR count). The molecule has 7 heteroatoms. The van der Waals surface area contributed by atoms with E-state index in [1.54, 1.807) is 13.8 Å². The molecule has 0 saturated carbocycles. The molecule has 0 spiro atoms. The van der Waals surface area contributed by atoms with Gasteiger partial charge in [-0.15, -0.1) is 0 Å². The Labute approximate surface area is 104 Å². The molecule has 1 amide bonds. The first-order valence-corrected chi connectivity index (χ1v) is 5.49. The van der Waals surface area contributed by atoms with Crippen molar-refractivity contribution in [3.05, 3.63) is 0 Å². The van der Waals surface area contributed by atoms with Crippen molar-refractivity contribution in [1.29, 1.82) is 0 Å². The van der Waals surface area contributed by atoms with Crippen LogP contribution in [0.2, 0.25) is 0 Å². The summed E-state index contributed by atoms with van der Waals surface area (Å²) in [4.78, 5) is 22.0. The molecule has 0 aliphatic heterocycles. The molecule has 18 heavy (non-hydrogen) atoms. The van der Waals surface area contributed by atoms with Gasteiger partial charge in [0.25, 0.3) is 0 Å². The van der Waals surface area contributed by atoms with Gasteiger partial charge in [0.2, 0.25) is 5.91 Å². The Morgan fingerprint density at radius 2 is 1.72 bits per heavy atom. The molecule has 0 aliphatic carbocycles. The highest BCUT2D eigenvalue weighted by Crippen LogP contribution is 2.25. The minimum atomic E-state index is -4.33. The quantitative estimate of drug-likeness (QED) is 0.777. The van der Waals surface area contributed by atoms with Crippen molar-refractivity contribution in [3.8, 4) is 0 Å². The molecule has 1 atom stereocenters. The number of amides is 1. The van der Waals surface area contributed by atoms with Crippen LogP contribution >= 0.6 is 0 Å². The van der Waals surface area contributed by atoms with E-state index in [9.17, 15) is 22.8 Å². The van der Waals surface area contributed by atoms with Crippen LogP contribution in [0.25, 0.3) is 0 Å². The van der Waals surface area contributed by atoms with E-state index in [-0.39, 0.29) is 12.8 Å². The Hall–Kier alpha value is -1.27. The van der Waals surface area contributed by atoms with E-state index < -0.39 is 35.9 Å². The van der Waals surface area contributed by atoms with Crippen LogP contribution in [-0.2, 0) is 9.59 Å². The molecule has 0 saturated heterocycles. The molecule has 106 valence electrons. The molecule has 1 unspecified atom stereocenters. The summed E-state index contributed by atoms with van der Waals surface area (Å²) < 4.78 is 36.1. The van der Waals surface area contributed by atoms with Gasteiger partial charge in [0, 0.05) is 12.5 Å². The second-order valence-corrected chi connectivity index (χ2v) is 5.20. The maximum atomic E-state index is 12.0. The molecular formula is C11H18F3NO3. The summed E-state index contributed by atoms with van der Waals surface area (Å²) >= 11 is 0. The number of alkyl halides is 3. The van der Waals surface area contributed by atoms with Gasteiger partial charge < -0.3 is 10.4 Å². The molecule has 0 aromatic heterocycles. The number of nitrogens with one attached hydrogen (secondary N) is 1. The fourth-order valence-electron chi connectivity index (χ4n) is 1.63. The third kappa shape index (κ3) is 8.83. The van der Waals surface area contributed by atoms with Crippen molar-refractivity contribution in [2.45, 2.75) is 52.3 Å². The average molecular weight is 269 g/mol. The summed E-state index contributed by atoms with van der Waals surface area (Å²) in [6.45, 7) is 4.42. The molecule has 0 heterocycles. The lowest BCUT2D eigenvalue weighted by Gasteiger charge is -2.23. The Bertz CT molecular complexity index is 313. The van der Waals surface area contributed by atoms with Gasteiger partial charge >= 0.3 is 12.1 Å². The van der Waals surface area contributed by atoms with Crippen molar-refractivity contribution in [2.24, 2.45) is 5.41 Å². The number of carboxylic acids is 1. The number of carbonyl (C=O) groups is 2. The molecule has 2 N–H and O–H groups in total. The van der Waals surface area contributed by atoms with Gasteiger partial charge in [0.1, 0.15) is 0 Å². The Morgan fingerprint density at radius 3 is 2.11 bits per heavy atom. The summed E-state index contributed by atoms with van der Waals surface area (Å²) in [5.41, 5.74) is -0.784.